The molecule has 0 bridgehead atoms. The first-order valence-corrected chi connectivity index (χ1v) is 15.1. The SMILES string of the molecule is COc1cc(CN(C[C@H]2CC[C@H](C(=O)O)CC2)[C@H]2CCc3cc(Cl)c(Cl)cc32)ccc1OCCN1C(=O)CCC1=O. The Kier molecular flexibility index (Phi) is 9.42. The average Bonchev–Trinajstić information content (AvgIpc) is 3.51. The van der Waals surface area contributed by atoms with E-state index in [0.29, 0.717) is 46.8 Å². The zero-order valence-corrected chi connectivity index (χ0v) is 24.8. The van der Waals surface area contributed by atoms with E-state index in [0.717, 1.165) is 37.8 Å². The molecule has 1 aliphatic heterocycles. The Bertz CT molecular complexity index is 1290. The van der Waals surface area contributed by atoms with Crippen LogP contribution in [-0.2, 0) is 27.3 Å². The lowest BCUT2D eigenvalue weighted by Crippen LogP contribution is -2.34. The van der Waals surface area contributed by atoms with E-state index in [2.05, 4.69) is 4.90 Å². The highest BCUT2D eigenvalue weighted by molar-refractivity contribution is 6.42. The lowest BCUT2D eigenvalue weighted by atomic mass is 9.81. The molecule has 2 fully saturated rings. The molecule has 1 N–H and O–H groups in total. The van der Waals surface area contributed by atoms with Gasteiger partial charge in [0.15, 0.2) is 11.5 Å². The van der Waals surface area contributed by atoms with Crippen molar-refractivity contribution < 1.29 is 29.0 Å². The molecule has 2 aromatic carbocycles. The number of rotatable bonds is 11. The normalized spacial score (nSPS) is 22.3. The predicted octanol–water partition coefficient (Wildman–Crippen LogP) is 5.91. The third-order valence-corrected chi connectivity index (χ3v) is 9.42. The zero-order valence-electron chi connectivity index (χ0n) is 23.2. The Balaban J connectivity index is 1.31. The number of methoxy groups -OCH3 is 1. The Morgan fingerprint density at radius 3 is 2.37 bits per heavy atom. The van der Waals surface area contributed by atoms with Gasteiger partial charge in [-0.05, 0) is 85.4 Å². The van der Waals surface area contributed by atoms with Crippen LogP contribution in [0.2, 0.25) is 10.0 Å². The van der Waals surface area contributed by atoms with Crippen molar-refractivity contribution in [3.63, 3.8) is 0 Å². The molecule has 2 amide bonds. The molecule has 5 rings (SSSR count). The van der Waals surface area contributed by atoms with Gasteiger partial charge in [-0.25, -0.2) is 0 Å². The Labute approximate surface area is 250 Å². The van der Waals surface area contributed by atoms with Gasteiger partial charge in [-0.1, -0.05) is 29.3 Å². The fourth-order valence-corrected chi connectivity index (χ4v) is 6.82. The lowest BCUT2D eigenvalue weighted by molar-refractivity contribution is -0.143. The number of nitrogens with zero attached hydrogens (tertiary/aromatic N) is 2. The number of halogens is 2. The van der Waals surface area contributed by atoms with E-state index < -0.39 is 5.97 Å². The topological polar surface area (TPSA) is 96.4 Å². The monoisotopic (exact) mass is 602 g/mol. The molecule has 0 radical (unpaired) electrons. The number of aryl methyl sites for hydroxylation is 1. The van der Waals surface area contributed by atoms with Crippen molar-refractivity contribution in [3.05, 3.63) is 57.1 Å². The fourth-order valence-electron chi connectivity index (χ4n) is 6.47. The first-order chi connectivity index (χ1) is 19.7. The van der Waals surface area contributed by atoms with Gasteiger partial charge in [0.1, 0.15) is 6.61 Å². The second-order valence-electron chi connectivity index (χ2n) is 11.3. The summed E-state index contributed by atoms with van der Waals surface area (Å²) in [6.45, 7) is 1.94. The van der Waals surface area contributed by atoms with Gasteiger partial charge in [-0.3, -0.25) is 24.2 Å². The smallest absolute Gasteiger partial charge is 0.306 e. The van der Waals surface area contributed by atoms with Gasteiger partial charge in [-0.15, -0.1) is 0 Å². The van der Waals surface area contributed by atoms with Crippen LogP contribution in [0.15, 0.2) is 30.3 Å². The van der Waals surface area contributed by atoms with Crippen molar-refractivity contribution in [2.75, 3.05) is 26.8 Å². The van der Waals surface area contributed by atoms with E-state index in [-0.39, 0.29) is 49.8 Å². The largest absolute Gasteiger partial charge is 0.493 e. The van der Waals surface area contributed by atoms with Crippen molar-refractivity contribution in [1.29, 1.82) is 0 Å². The van der Waals surface area contributed by atoms with Gasteiger partial charge in [0, 0.05) is 32.0 Å². The van der Waals surface area contributed by atoms with E-state index in [1.54, 1.807) is 7.11 Å². The molecule has 2 aliphatic carbocycles. The van der Waals surface area contributed by atoms with E-state index >= 15 is 0 Å². The summed E-state index contributed by atoms with van der Waals surface area (Å²) in [5.74, 6) is 0.310. The first-order valence-electron chi connectivity index (χ1n) is 14.3. The maximum Gasteiger partial charge on any atom is 0.306 e. The van der Waals surface area contributed by atoms with Crippen LogP contribution in [0.4, 0.5) is 0 Å². The number of likely N-dealkylation sites (tertiary alicyclic amines) is 1. The predicted molar refractivity (Wildman–Crippen MR) is 155 cm³/mol. The number of carboxylic acids is 1. The standard InChI is InChI=1S/C31H36Cl2N2O6/c1-40-28-14-20(4-9-27(28)41-13-12-35-29(36)10-11-30(35)37)18-34(17-19-2-5-21(6-3-19)31(38)39)26-8-7-22-15-24(32)25(33)16-23(22)26/h4,9,14-16,19,21,26H,2-3,5-8,10-13,17-18H2,1H3,(H,38,39)/t19-,21-,26-/m0/s1. The maximum absolute atomic E-state index is 11.9. The van der Waals surface area contributed by atoms with Crippen LogP contribution in [-0.4, -0.2) is 59.5 Å². The second-order valence-corrected chi connectivity index (χ2v) is 12.1. The number of aliphatic carboxylic acids is 1. The van der Waals surface area contributed by atoms with Crippen LogP contribution in [0.5, 0.6) is 11.5 Å². The van der Waals surface area contributed by atoms with Crippen LogP contribution in [0.25, 0.3) is 0 Å². The average molecular weight is 604 g/mol. The van der Waals surface area contributed by atoms with E-state index in [4.69, 9.17) is 32.7 Å². The highest BCUT2D eigenvalue weighted by Gasteiger charge is 2.33. The molecule has 0 aromatic heterocycles. The quantitative estimate of drug-likeness (QED) is 0.319. The van der Waals surface area contributed by atoms with Crippen molar-refractivity contribution in [1.82, 2.24) is 9.80 Å². The number of amides is 2. The minimum absolute atomic E-state index is 0.158. The summed E-state index contributed by atoms with van der Waals surface area (Å²) in [6, 6.07) is 10.0. The Hall–Kier alpha value is -2.81. The molecule has 10 heteroatoms. The number of carbonyl (C=O) groups excluding carboxylic acids is 2. The number of imide groups is 1. The number of carbonyl (C=O) groups is 3. The number of carboxylic acid groups (broad SMARTS) is 1. The number of benzene rings is 2. The number of hydrogen-bond donors (Lipinski definition) is 1. The van der Waals surface area contributed by atoms with Crippen molar-refractivity contribution >= 4 is 41.0 Å². The molecule has 2 aromatic rings. The number of hydrogen-bond acceptors (Lipinski definition) is 6. The minimum atomic E-state index is -0.690. The van der Waals surface area contributed by atoms with Crippen LogP contribution in [0.1, 0.15) is 67.7 Å². The van der Waals surface area contributed by atoms with Crippen LogP contribution in [0.3, 0.4) is 0 Å². The molecular formula is C31H36Cl2N2O6. The summed E-state index contributed by atoms with van der Waals surface area (Å²) < 4.78 is 11.6. The summed E-state index contributed by atoms with van der Waals surface area (Å²) in [6.07, 6.45) is 5.63. The van der Waals surface area contributed by atoms with Crippen LogP contribution in [0, 0.1) is 11.8 Å². The van der Waals surface area contributed by atoms with Crippen molar-refractivity contribution in [2.24, 2.45) is 11.8 Å². The molecular weight excluding hydrogens is 567 g/mol. The summed E-state index contributed by atoms with van der Waals surface area (Å²) in [7, 11) is 1.59. The Morgan fingerprint density at radius 2 is 1.68 bits per heavy atom. The van der Waals surface area contributed by atoms with E-state index in [9.17, 15) is 19.5 Å². The third-order valence-electron chi connectivity index (χ3n) is 8.70. The minimum Gasteiger partial charge on any atom is -0.493 e. The number of fused-ring (bicyclic) bond motifs is 1. The molecule has 41 heavy (non-hydrogen) atoms. The molecule has 220 valence electrons. The summed E-state index contributed by atoms with van der Waals surface area (Å²) in [5, 5.41) is 10.6. The molecule has 1 atom stereocenters. The first kappa shape index (κ1) is 29.7. The van der Waals surface area contributed by atoms with E-state index in [1.165, 1.54) is 16.0 Å². The number of ether oxygens (including phenoxy) is 2. The lowest BCUT2D eigenvalue weighted by Gasteiger charge is -2.35. The zero-order chi connectivity index (χ0) is 29.1. The van der Waals surface area contributed by atoms with Crippen LogP contribution >= 0.6 is 23.2 Å². The highest BCUT2D eigenvalue weighted by Crippen LogP contribution is 2.42. The van der Waals surface area contributed by atoms with Crippen LogP contribution < -0.4 is 9.47 Å². The molecule has 0 unspecified atom stereocenters. The molecule has 1 heterocycles. The maximum atomic E-state index is 11.9. The third kappa shape index (κ3) is 6.82. The van der Waals surface area contributed by atoms with Gasteiger partial charge in [0.25, 0.3) is 0 Å². The van der Waals surface area contributed by atoms with Gasteiger partial charge >= 0.3 is 5.97 Å². The molecule has 0 spiro atoms. The molecule has 3 aliphatic rings. The van der Waals surface area contributed by atoms with Gasteiger partial charge < -0.3 is 14.6 Å². The molecule has 8 nitrogen and oxygen atoms in total. The fraction of sp³-hybridized carbons (Fsp3) is 0.516. The Morgan fingerprint density at radius 1 is 0.976 bits per heavy atom. The van der Waals surface area contributed by atoms with Gasteiger partial charge in [0.2, 0.25) is 11.8 Å². The van der Waals surface area contributed by atoms with Crippen molar-refractivity contribution in [2.45, 2.75) is 64.0 Å². The highest BCUT2D eigenvalue weighted by atomic mass is 35.5. The molecule has 1 saturated carbocycles. The van der Waals surface area contributed by atoms with Gasteiger partial charge in [0.05, 0.1) is 29.6 Å². The van der Waals surface area contributed by atoms with Gasteiger partial charge in [-0.2, -0.15) is 0 Å². The summed E-state index contributed by atoms with van der Waals surface area (Å²) in [5.41, 5.74) is 3.49. The summed E-state index contributed by atoms with van der Waals surface area (Å²) in [4.78, 5) is 39.0. The summed E-state index contributed by atoms with van der Waals surface area (Å²) >= 11 is 12.8. The molecule has 1 saturated heterocycles. The van der Waals surface area contributed by atoms with E-state index in [1.807, 2.05) is 30.3 Å². The van der Waals surface area contributed by atoms with Crippen molar-refractivity contribution in [3.8, 4) is 11.5 Å². The second kappa shape index (κ2) is 13.0.